The molecule has 0 spiro atoms. The molecule has 1 aliphatic rings. The normalized spacial score (nSPS) is 27.3. The summed E-state index contributed by atoms with van der Waals surface area (Å²) in [6, 6.07) is 1.11. The number of nitrogens with one attached hydrogen (secondary N) is 1. The molecule has 1 aliphatic carbocycles. The van der Waals surface area contributed by atoms with Crippen LogP contribution in [0.4, 0.5) is 0 Å². The lowest BCUT2D eigenvalue weighted by atomic mass is 9.70. The Bertz CT molecular complexity index is 381. The zero-order valence-corrected chi connectivity index (χ0v) is 12.2. The molecule has 1 aromatic heterocycles. The van der Waals surface area contributed by atoms with Crippen LogP contribution < -0.4 is 5.32 Å². The third-order valence-corrected chi connectivity index (χ3v) is 4.39. The SMILES string of the molecule is CCNC1C(n2ccnc2CC)CCCC1(C)C. The molecule has 2 unspecified atom stereocenters. The van der Waals surface area contributed by atoms with E-state index >= 15 is 0 Å². The summed E-state index contributed by atoms with van der Waals surface area (Å²) in [5.41, 5.74) is 0.369. The van der Waals surface area contributed by atoms with Crippen LogP contribution in [0.3, 0.4) is 0 Å². The Labute approximate surface area is 111 Å². The number of aromatic nitrogens is 2. The number of aryl methyl sites for hydroxylation is 1. The fraction of sp³-hybridized carbons (Fsp3) is 0.800. The minimum absolute atomic E-state index is 0.369. The molecule has 0 aromatic carbocycles. The lowest BCUT2D eigenvalue weighted by Crippen LogP contribution is -2.50. The fourth-order valence-corrected chi connectivity index (χ4v) is 3.46. The first-order valence-electron chi connectivity index (χ1n) is 7.35. The fourth-order valence-electron chi connectivity index (χ4n) is 3.46. The van der Waals surface area contributed by atoms with E-state index in [1.165, 1.54) is 25.1 Å². The third-order valence-electron chi connectivity index (χ3n) is 4.39. The Morgan fingerprint density at radius 3 is 2.89 bits per heavy atom. The second-order valence-electron chi connectivity index (χ2n) is 6.09. The predicted octanol–water partition coefficient (Wildman–Crippen LogP) is 3.17. The van der Waals surface area contributed by atoms with E-state index in [0.717, 1.165) is 13.0 Å². The van der Waals surface area contributed by atoms with Gasteiger partial charge < -0.3 is 9.88 Å². The first kappa shape index (κ1) is 13.6. The number of rotatable bonds is 4. The highest BCUT2D eigenvalue weighted by Crippen LogP contribution is 2.41. The molecule has 2 rings (SSSR count). The van der Waals surface area contributed by atoms with E-state index in [-0.39, 0.29) is 0 Å². The van der Waals surface area contributed by atoms with E-state index in [1.807, 2.05) is 6.20 Å². The Balaban J connectivity index is 2.29. The molecule has 102 valence electrons. The van der Waals surface area contributed by atoms with Crippen molar-refractivity contribution in [2.45, 2.75) is 65.5 Å². The van der Waals surface area contributed by atoms with Gasteiger partial charge in [-0.1, -0.05) is 34.1 Å². The lowest BCUT2D eigenvalue weighted by molar-refractivity contribution is 0.113. The van der Waals surface area contributed by atoms with Crippen molar-refractivity contribution in [1.29, 1.82) is 0 Å². The maximum atomic E-state index is 4.49. The Morgan fingerprint density at radius 1 is 1.44 bits per heavy atom. The van der Waals surface area contributed by atoms with Gasteiger partial charge in [-0.25, -0.2) is 4.98 Å². The topological polar surface area (TPSA) is 29.9 Å². The van der Waals surface area contributed by atoms with Crippen molar-refractivity contribution in [1.82, 2.24) is 14.9 Å². The molecule has 2 atom stereocenters. The summed E-state index contributed by atoms with van der Waals surface area (Å²) >= 11 is 0. The maximum Gasteiger partial charge on any atom is 0.108 e. The summed E-state index contributed by atoms with van der Waals surface area (Å²) in [5.74, 6) is 1.22. The number of imidazole rings is 1. The van der Waals surface area contributed by atoms with Crippen LogP contribution >= 0.6 is 0 Å². The van der Waals surface area contributed by atoms with Crippen molar-refractivity contribution in [3.8, 4) is 0 Å². The zero-order valence-electron chi connectivity index (χ0n) is 12.2. The molecule has 0 bridgehead atoms. The summed E-state index contributed by atoms with van der Waals surface area (Å²) in [7, 11) is 0. The van der Waals surface area contributed by atoms with Crippen molar-refractivity contribution in [2.75, 3.05) is 6.54 Å². The minimum atomic E-state index is 0.369. The van der Waals surface area contributed by atoms with Crippen molar-refractivity contribution in [3.05, 3.63) is 18.2 Å². The highest BCUT2D eigenvalue weighted by atomic mass is 15.1. The first-order valence-corrected chi connectivity index (χ1v) is 7.35. The minimum Gasteiger partial charge on any atom is -0.330 e. The van der Waals surface area contributed by atoms with Crippen LogP contribution in [0.5, 0.6) is 0 Å². The molecule has 1 fully saturated rings. The van der Waals surface area contributed by atoms with Crippen LogP contribution in [0.15, 0.2) is 12.4 Å². The molecular formula is C15H27N3. The molecular weight excluding hydrogens is 222 g/mol. The van der Waals surface area contributed by atoms with Crippen molar-refractivity contribution >= 4 is 0 Å². The molecule has 0 amide bonds. The Hall–Kier alpha value is -0.830. The van der Waals surface area contributed by atoms with Crippen molar-refractivity contribution in [2.24, 2.45) is 5.41 Å². The third kappa shape index (κ3) is 2.46. The van der Waals surface area contributed by atoms with Gasteiger partial charge in [0.05, 0.1) is 6.04 Å². The molecule has 0 saturated heterocycles. The maximum absolute atomic E-state index is 4.49. The lowest BCUT2D eigenvalue weighted by Gasteiger charge is -2.45. The summed E-state index contributed by atoms with van der Waals surface area (Å²) in [5, 5.41) is 3.72. The molecule has 1 aromatic rings. The second kappa shape index (κ2) is 5.43. The highest BCUT2D eigenvalue weighted by molar-refractivity contribution is 5.03. The van der Waals surface area contributed by atoms with Gasteiger partial charge in [-0.2, -0.15) is 0 Å². The summed E-state index contributed by atoms with van der Waals surface area (Å²) in [6.45, 7) is 10.2. The predicted molar refractivity (Wildman–Crippen MR) is 75.7 cm³/mol. The van der Waals surface area contributed by atoms with E-state index < -0.39 is 0 Å². The standard InChI is InChI=1S/C15H27N3/c1-5-13-17-10-11-18(13)12-8-7-9-15(3,4)14(12)16-6-2/h10-12,14,16H,5-9H2,1-4H3. The highest BCUT2D eigenvalue weighted by Gasteiger charge is 2.39. The zero-order chi connectivity index (χ0) is 13.2. The van der Waals surface area contributed by atoms with Gasteiger partial charge in [-0.3, -0.25) is 0 Å². The van der Waals surface area contributed by atoms with Crippen LogP contribution in [0, 0.1) is 5.41 Å². The van der Waals surface area contributed by atoms with Gasteiger partial charge >= 0.3 is 0 Å². The van der Waals surface area contributed by atoms with Crippen LogP contribution in [0.25, 0.3) is 0 Å². The van der Waals surface area contributed by atoms with Gasteiger partial charge in [-0.15, -0.1) is 0 Å². The summed E-state index contributed by atoms with van der Waals surface area (Å²) in [4.78, 5) is 4.49. The van der Waals surface area contributed by atoms with E-state index in [4.69, 9.17) is 0 Å². The van der Waals surface area contributed by atoms with Gasteiger partial charge in [0.1, 0.15) is 5.82 Å². The van der Waals surface area contributed by atoms with E-state index in [2.05, 4.69) is 48.8 Å². The van der Waals surface area contributed by atoms with E-state index in [0.29, 0.717) is 17.5 Å². The van der Waals surface area contributed by atoms with Gasteiger partial charge in [-0.05, 0) is 24.8 Å². The smallest absolute Gasteiger partial charge is 0.108 e. The van der Waals surface area contributed by atoms with Crippen LogP contribution in [-0.2, 0) is 6.42 Å². The Morgan fingerprint density at radius 2 is 2.22 bits per heavy atom. The van der Waals surface area contributed by atoms with Crippen molar-refractivity contribution < 1.29 is 0 Å². The number of hydrogen-bond acceptors (Lipinski definition) is 2. The molecule has 0 aliphatic heterocycles. The van der Waals surface area contributed by atoms with Gasteiger partial charge in [0.15, 0.2) is 0 Å². The van der Waals surface area contributed by atoms with E-state index in [1.54, 1.807) is 0 Å². The number of nitrogens with zero attached hydrogens (tertiary/aromatic N) is 2. The number of hydrogen-bond donors (Lipinski definition) is 1. The molecule has 1 N–H and O–H groups in total. The molecule has 18 heavy (non-hydrogen) atoms. The molecule has 1 saturated carbocycles. The average Bonchev–Trinajstić information content (AvgIpc) is 2.79. The summed E-state index contributed by atoms with van der Waals surface area (Å²) in [6.07, 6.45) is 9.03. The second-order valence-corrected chi connectivity index (χ2v) is 6.09. The van der Waals surface area contributed by atoms with Crippen LogP contribution in [0.2, 0.25) is 0 Å². The van der Waals surface area contributed by atoms with Crippen molar-refractivity contribution in [3.63, 3.8) is 0 Å². The van der Waals surface area contributed by atoms with Gasteiger partial charge in [0.2, 0.25) is 0 Å². The molecule has 3 heteroatoms. The molecule has 0 radical (unpaired) electrons. The molecule has 1 heterocycles. The monoisotopic (exact) mass is 249 g/mol. The Kier molecular flexibility index (Phi) is 4.10. The summed E-state index contributed by atoms with van der Waals surface area (Å²) < 4.78 is 2.41. The van der Waals surface area contributed by atoms with Gasteiger partial charge in [0.25, 0.3) is 0 Å². The van der Waals surface area contributed by atoms with E-state index in [9.17, 15) is 0 Å². The largest absolute Gasteiger partial charge is 0.330 e. The average molecular weight is 249 g/mol. The number of likely N-dealkylation sites (N-methyl/N-ethyl adjacent to an activating group) is 1. The van der Waals surface area contributed by atoms with Crippen LogP contribution in [0.1, 0.15) is 58.8 Å². The van der Waals surface area contributed by atoms with Gasteiger partial charge in [0, 0.05) is 24.9 Å². The molecule has 3 nitrogen and oxygen atoms in total. The first-order chi connectivity index (χ1) is 8.60. The quantitative estimate of drug-likeness (QED) is 0.888. The van der Waals surface area contributed by atoms with Crippen LogP contribution in [-0.4, -0.2) is 22.1 Å².